The summed E-state index contributed by atoms with van der Waals surface area (Å²) in [5, 5.41) is 4.66. The summed E-state index contributed by atoms with van der Waals surface area (Å²) < 4.78 is 27.7. The molecule has 0 radical (unpaired) electrons. The van der Waals surface area contributed by atoms with Crippen LogP contribution >= 0.6 is 23.2 Å². The Morgan fingerprint density at radius 3 is 2.52 bits per heavy atom. The molecule has 0 saturated carbocycles. The summed E-state index contributed by atoms with van der Waals surface area (Å²) in [5.74, 6) is -0.584. The molecule has 0 aliphatic heterocycles. The van der Waals surface area contributed by atoms with Gasteiger partial charge in [0.15, 0.2) is 5.78 Å². The molecule has 8 heteroatoms. The molecule has 1 aromatic heterocycles. The number of benzene rings is 1. The van der Waals surface area contributed by atoms with Gasteiger partial charge in [0.1, 0.15) is 32.0 Å². The third kappa shape index (κ3) is 3.87. The van der Waals surface area contributed by atoms with Crippen molar-refractivity contribution in [2.24, 2.45) is 5.41 Å². The van der Waals surface area contributed by atoms with Gasteiger partial charge in [-0.2, -0.15) is 5.10 Å². The summed E-state index contributed by atoms with van der Waals surface area (Å²) >= 11 is 11.8. The van der Waals surface area contributed by atoms with Gasteiger partial charge in [-0.1, -0.05) is 29.3 Å². The van der Waals surface area contributed by atoms with Gasteiger partial charge in [-0.15, -0.1) is 0 Å². The third-order valence-corrected chi connectivity index (χ3v) is 4.40. The molecule has 1 unspecified atom stereocenters. The SMILES string of the molecule is CC(CF)(CF)C(=O)C(Cc1ccc(Cl)c(Cl)c1)n1cncn1. The average molecular weight is 362 g/mol. The maximum Gasteiger partial charge on any atom is 0.168 e. The number of rotatable bonds is 7. The Kier molecular flexibility index (Phi) is 5.70. The molecule has 0 bridgehead atoms. The molecule has 2 rings (SSSR count). The van der Waals surface area contributed by atoms with E-state index in [1.54, 1.807) is 18.2 Å². The second kappa shape index (κ2) is 7.36. The second-order valence-corrected chi connectivity index (χ2v) is 6.35. The molecule has 0 aliphatic carbocycles. The first-order chi connectivity index (χ1) is 10.9. The van der Waals surface area contributed by atoms with Crippen molar-refractivity contribution >= 4 is 29.0 Å². The van der Waals surface area contributed by atoms with Crippen molar-refractivity contribution in [2.75, 3.05) is 13.3 Å². The Morgan fingerprint density at radius 2 is 2.00 bits per heavy atom. The zero-order valence-electron chi connectivity index (χ0n) is 12.3. The largest absolute Gasteiger partial charge is 0.296 e. The van der Waals surface area contributed by atoms with Crippen molar-refractivity contribution < 1.29 is 13.6 Å². The zero-order valence-corrected chi connectivity index (χ0v) is 13.9. The number of carbonyl (C=O) groups excluding carboxylic acids is 1. The molecule has 1 heterocycles. The molecule has 0 N–H and O–H groups in total. The highest BCUT2D eigenvalue weighted by Crippen LogP contribution is 2.30. The molecular weight excluding hydrogens is 347 g/mol. The fourth-order valence-corrected chi connectivity index (χ4v) is 2.46. The molecule has 23 heavy (non-hydrogen) atoms. The molecule has 2 aromatic rings. The van der Waals surface area contributed by atoms with E-state index in [0.717, 1.165) is 0 Å². The summed E-state index contributed by atoms with van der Waals surface area (Å²) in [5.41, 5.74) is -1.01. The molecule has 4 nitrogen and oxygen atoms in total. The first-order valence-electron chi connectivity index (χ1n) is 6.85. The Hall–Kier alpha value is -1.53. The minimum atomic E-state index is -1.72. The van der Waals surface area contributed by atoms with E-state index in [2.05, 4.69) is 10.1 Å². The van der Waals surface area contributed by atoms with Crippen molar-refractivity contribution in [1.29, 1.82) is 0 Å². The molecule has 1 atom stereocenters. The van der Waals surface area contributed by atoms with Crippen molar-refractivity contribution in [1.82, 2.24) is 14.8 Å². The maximum absolute atomic E-state index is 13.2. The lowest BCUT2D eigenvalue weighted by Gasteiger charge is -2.27. The quantitative estimate of drug-likeness (QED) is 0.751. The van der Waals surface area contributed by atoms with E-state index >= 15 is 0 Å². The van der Waals surface area contributed by atoms with Crippen LogP contribution in [0.15, 0.2) is 30.9 Å². The summed E-state index contributed by atoms with van der Waals surface area (Å²) in [6, 6.07) is 4.04. The van der Waals surface area contributed by atoms with Crippen molar-refractivity contribution in [3.8, 4) is 0 Å². The predicted molar refractivity (Wildman–Crippen MR) is 84.3 cm³/mol. The van der Waals surface area contributed by atoms with Crippen LogP contribution in [0.25, 0.3) is 0 Å². The van der Waals surface area contributed by atoms with Gasteiger partial charge in [0.25, 0.3) is 0 Å². The van der Waals surface area contributed by atoms with Gasteiger partial charge < -0.3 is 0 Å². The van der Waals surface area contributed by atoms with Crippen molar-refractivity contribution in [3.63, 3.8) is 0 Å². The molecule has 0 spiro atoms. The van der Waals surface area contributed by atoms with Crippen LogP contribution in [0.4, 0.5) is 8.78 Å². The smallest absolute Gasteiger partial charge is 0.168 e. The highest BCUT2D eigenvalue weighted by atomic mass is 35.5. The lowest BCUT2D eigenvalue weighted by Crippen LogP contribution is -2.39. The molecular formula is C15H15Cl2F2N3O. The van der Waals surface area contributed by atoms with Gasteiger partial charge in [-0.05, 0) is 24.6 Å². The summed E-state index contributed by atoms with van der Waals surface area (Å²) in [4.78, 5) is 16.5. The number of Topliss-reactive ketones (excluding diaryl/α,β-unsaturated/α-hetero) is 1. The number of halogens is 4. The number of hydrogen-bond donors (Lipinski definition) is 0. The molecule has 124 valence electrons. The number of ketones is 1. The predicted octanol–water partition coefficient (Wildman–Crippen LogP) is 3.88. The van der Waals surface area contributed by atoms with E-state index in [1.807, 2.05) is 0 Å². The van der Waals surface area contributed by atoms with Crippen LogP contribution in [0.3, 0.4) is 0 Å². The van der Waals surface area contributed by atoms with Crippen LogP contribution in [0.5, 0.6) is 0 Å². The standard InChI is InChI=1S/C15H15Cl2F2N3O/c1-15(6-18,7-19)14(23)13(22-9-20-8-21-22)5-10-2-3-11(16)12(17)4-10/h2-4,8-9,13H,5-7H2,1H3. The molecule has 0 aliphatic rings. The molecule has 1 aromatic carbocycles. The van der Waals surface area contributed by atoms with Crippen LogP contribution < -0.4 is 0 Å². The normalized spacial score (nSPS) is 13.1. The Balaban J connectivity index is 2.35. The average Bonchev–Trinajstić information content (AvgIpc) is 3.08. The summed E-state index contributed by atoms with van der Waals surface area (Å²) in [6.45, 7) is -0.919. The maximum atomic E-state index is 13.2. The highest BCUT2D eigenvalue weighted by Gasteiger charge is 2.39. The van der Waals surface area contributed by atoms with Gasteiger partial charge in [0, 0.05) is 6.42 Å². The zero-order chi connectivity index (χ0) is 17.0. The van der Waals surface area contributed by atoms with E-state index in [9.17, 15) is 13.6 Å². The van der Waals surface area contributed by atoms with Crippen LogP contribution in [0.1, 0.15) is 18.5 Å². The van der Waals surface area contributed by atoms with Gasteiger partial charge in [-0.3, -0.25) is 4.79 Å². The molecule has 0 amide bonds. The van der Waals surface area contributed by atoms with Gasteiger partial charge in [0.05, 0.1) is 15.5 Å². The number of hydrogen-bond acceptors (Lipinski definition) is 3. The summed E-state index contributed by atoms with van der Waals surface area (Å²) in [7, 11) is 0. The van der Waals surface area contributed by atoms with Crippen molar-refractivity contribution in [3.05, 3.63) is 46.5 Å². The van der Waals surface area contributed by atoms with E-state index in [4.69, 9.17) is 23.2 Å². The fourth-order valence-electron chi connectivity index (χ4n) is 2.14. The lowest BCUT2D eigenvalue weighted by molar-refractivity contribution is -0.133. The van der Waals surface area contributed by atoms with E-state index in [0.29, 0.717) is 15.6 Å². The Labute approximate surface area is 142 Å². The number of nitrogens with zero attached hydrogens (tertiary/aromatic N) is 3. The number of carbonyl (C=O) groups is 1. The van der Waals surface area contributed by atoms with Crippen LogP contribution in [-0.2, 0) is 11.2 Å². The Bertz CT molecular complexity index is 675. The van der Waals surface area contributed by atoms with E-state index < -0.39 is 30.6 Å². The monoisotopic (exact) mass is 361 g/mol. The van der Waals surface area contributed by atoms with Gasteiger partial charge in [-0.25, -0.2) is 18.4 Å². The topological polar surface area (TPSA) is 47.8 Å². The first-order valence-corrected chi connectivity index (χ1v) is 7.61. The lowest BCUT2D eigenvalue weighted by atomic mass is 9.83. The molecule has 0 saturated heterocycles. The Morgan fingerprint density at radius 1 is 1.30 bits per heavy atom. The minimum absolute atomic E-state index is 0.175. The van der Waals surface area contributed by atoms with Crippen molar-refractivity contribution in [2.45, 2.75) is 19.4 Å². The number of alkyl halides is 2. The van der Waals surface area contributed by atoms with Crippen LogP contribution in [0.2, 0.25) is 10.0 Å². The van der Waals surface area contributed by atoms with E-state index in [-0.39, 0.29) is 6.42 Å². The van der Waals surface area contributed by atoms with Gasteiger partial charge >= 0.3 is 0 Å². The van der Waals surface area contributed by atoms with Crippen LogP contribution in [-0.4, -0.2) is 33.9 Å². The van der Waals surface area contributed by atoms with Gasteiger partial charge in [0.2, 0.25) is 0 Å². The summed E-state index contributed by atoms with van der Waals surface area (Å²) in [6.07, 6.45) is 2.78. The minimum Gasteiger partial charge on any atom is -0.296 e. The number of aromatic nitrogens is 3. The highest BCUT2D eigenvalue weighted by molar-refractivity contribution is 6.42. The van der Waals surface area contributed by atoms with Crippen LogP contribution in [0, 0.1) is 5.41 Å². The third-order valence-electron chi connectivity index (χ3n) is 3.66. The van der Waals surface area contributed by atoms with E-state index in [1.165, 1.54) is 24.3 Å². The first kappa shape index (κ1) is 17.8. The molecule has 0 fully saturated rings. The fraction of sp³-hybridized carbons (Fsp3) is 0.400. The second-order valence-electron chi connectivity index (χ2n) is 5.54.